The van der Waals surface area contributed by atoms with Crippen LogP contribution in [0.4, 0.5) is 23.2 Å². The van der Waals surface area contributed by atoms with Crippen molar-refractivity contribution in [1.82, 2.24) is 19.7 Å². The minimum Gasteiger partial charge on any atom is -0.395 e. The van der Waals surface area contributed by atoms with Crippen LogP contribution in [-0.4, -0.2) is 62.3 Å². The maximum atomic E-state index is 14.5. The maximum Gasteiger partial charge on any atom is 0.586 e. The summed E-state index contributed by atoms with van der Waals surface area (Å²) in [6, 6.07) is 7.23. The minimum atomic E-state index is -3.99. The number of hydrogen-bond donors (Lipinski definition) is 1. The average Bonchev–Trinajstić information content (AvgIpc) is 3.60. The van der Waals surface area contributed by atoms with Gasteiger partial charge in [-0.15, -0.1) is 8.78 Å². The molecule has 2 atom stereocenters. The summed E-state index contributed by atoms with van der Waals surface area (Å²) in [5.74, 6) is -3.90. The number of halogens is 4. The molecule has 216 valence electrons. The van der Waals surface area contributed by atoms with Gasteiger partial charge in [0.25, 0.3) is 0 Å². The Morgan fingerprint density at radius 2 is 1.83 bits per heavy atom. The smallest absolute Gasteiger partial charge is 0.395 e. The standard InChI is InChI=1S/C28H21F4N5O5/c1-14(38)19-12-36(22-3-2-15(6-18(19)22)16-4-5-33-34-10-16)13-26(39)37-11-17(29)7-23(37)27(40)35-21-9-25-24(8-20(21)30)41-28(31,32)42-25/h2-6,8-10,12,17,23H,7,11,13H2,1H3,(H,35,40)/t17-,23+/m1/s1. The SMILES string of the molecule is CC(=O)c1cn(CC(=O)N2C[C@H](F)C[C@H]2C(=O)Nc2cc3c(cc2F)OC(F)(F)O3)c2ccc(-c3ccnnc3)cc12. The van der Waals surface area contributed by atoms with Gasteiger partial charge in [-0.05, 0) is 30.7 Å². The Morgan fingerprint density at radius 3 is 2.55 bits per heavy atom. The van der Waals surface area contributed by atoms with E-state index in [2.05, 4.69) is 25.0 Å². The van der Waals surface area contributed by atoms with Crippen molar-refractivity contribution in [2.75, 3.05) is 11.9 Å². The number of carbonyl (C=O) groups is 3. The Kier molecular flexibility index (Phi) is 6.55. The molecule has 1 fully saturated rings. The molecule has 2 aromatic heterocycles. The second-order valence-electron chi connectivity index (χ2n) is 9.92. The van der Waals surface area contributed by atoms with Crippen molar-refractivity contribution in [2.45, 2.75) is 38.4 Å². The van der Waals surface area contributed by atoms with E-state index in [9.17, 15) is 31.9 Å². The summed E-state index contributed by atoms with van der Waals surface area (Å²) in [6.07, 6.45) is -1.24. The number of amides is 2. The number of carbonyl (C=O) groups excluding carboxylic acids is 3. The van der Waals surface area contributed by atoms with Gasteiger partial charge in [-0.1, -0.05) is 6.07 Å². The molecule has 0 aliphatic carbocycles. The number of anilines is 1. The highest BCUT2D eigenvalue weighted by Crippen LogP contribution is 2.43. The van der Waals surface area contributed by atoms with Crippen LogP contribution < -0.4 is 14.8 Å². The van der Waals surface area contributed by atoms with Crippen molar-refractivity contribution in [1.29, 1.82) is 0 Å². The van der Waals surface area contributed by atoms with Crippen molar-refractivity contribution in [3.63, 3.8) is 0 Å². The number of hydrogen-bond acceptors (Lipinski definition) is 7. The van der Waals surface area contributed by atoms with E-state index >= 15 is 0 Å². The van der Waals surface area contributed by atoms with Gasteiger partial charge in [0.05, 0.1) is 24.6 Å². The Balaban J connectivity index is 1.24. The van der Waals surface area contributed by atoms with E-state index in [0.29, 0.717) is 22.5 Å². The minimum absolute atomic E-state index is 0.234. The number of nitrogens with one attached hydrogen (secondary N) is 1. The molecule has 2 aliphatic heterocycles. The van der Waals surface area contributed by atoms with Gasteiger partial charge < -0.3 is 24.3 Å². The van der Waals surface area contributed by atoms with E-state index in [1.54, 1.807) is 35.0 Å². The number of benzene rings is 2. The third kappa shape index (κ3) is 4.99. The Hall–Kier alpha value is -5.01. The number of ketones is 1. The van der Waals surface area contributed by atoms with Gasteiger partial charge in [0, 0.05) is 46.8 Å². The fourth-order valence-corrected chi connectivity index (χ4v) is 5.18. The maximum absolute atomic E-state index is 14.5. The topological polar surface area (TPSA) is 116 Å². The molecule has 6 rings (SSSR count). The zero-order valence-corrected chi connectivity index (χ0v) is 21.8. The van der Waals surface area contributed by atoms with Crippen LogP contribution in [0.1, 0.15) is 23.7 Å². The van der Waals surface area contributed by atoms with Crippen LogP contribution in [0.5, 0.6) is 11.5 Å². The monoisotopic (exact) mass is 583 g/mol. The van der Waals surface area contributed by atoms with E-state index in [1.165, 1.54) is 19.3 Å². The van der Waals surface area contributed by atoms with Gasteiger partial charge in [-0.25, -0.2) is 8.78 Å². The first kappa shape index (κ1) is 27.2. The molecule has 0 radical (unpaired) electrons. The molecule has 4 aromatic rings. The first-order valence-electron chi connectivity index (χ1n) is 12.7. The molecule has 0 bridgehead atoms. The van der Waals surface area contributed by atoms with E-state index in [0.717, 1.165) is 22.1 Å². The van der Waals surface area contributed by atoms with Crippen molar-refractivity contribution in [3.05, 3.63) is 66.4 Å². The second kappa shape index (κ2) is 10.1. The van der Waals surface area contributed by atoms with Crippen LogP contribution in [0.25, 0.3) is 22.0 Å². The molecule has 0 unspecified atom stereocenters. The summed E-state index contributed by atoms with van der Waals surface area (Å²) >= 11 is 0. The van der Waals surface area contributed by atoms with Gasteiger partial charge in [-0.2, -0.15) is 10.2 Å². The van der Waals surface area contributed by atoms with Crippen LogP contribution in [0.15, 0.2) is 55.0 Å². The molecule has 2 aromatic carbocycles. The highest BCUT2D eigenvalue weighted by molar-refractivity contribution is 6.08. The van der Waals surface area contributed by atoms with Gasteiger partial charge in [0.15, 0.2) is 23.1 Å². The molecule has 14 heteroatoms. The van der Waals surface area contributed by atoms with Crippen molar-refractivity contribution < 1.29 is 41.4 Å². The molecule has 0 saturated carbocycles. The molecule has 0 spiro atoms. The molecular formula is C28H21F4N5O5. The Morgan fingerprint density at radius 1 is 1.07 bits per heavy atom. The van der Waals surface area contributed by atoms with Gasteiger partial charge in [0.2, 0.25) is 11.8 Å². The van der Waals surface area contributed by atoms with E-state index in [4.69, 9.17) is 0 Å². The lowest BCUT2D eigenvalue weighted by atomic mass is 10.0. The third-order valence-electron chi connectivity index (χ3n) is 7.11. The van der Waals surface area contributed by atoms with Gasteiger partial charge in [0.1, 0.15) is 18.8 Å². The summed E-state index contributed by atoms with van der Waals surface area (Å²) in [6.45, 7) is 0.696. The summed E-state index contributed by atoms with van der Waals surface area (Å²) < 4.78 is 65.8. The van der Waals surface area contributed by atoms with E-state index < -0.39 is 53.3 Å². The number of fused-ring (bicyclic) bond motifs is 2. The Labute approximate surface area is 234 Å². The highest BCUT2D eigenvalue weighted by atomic mass is 19.3. The zero-order chi connectivity index (χ0) is 29.8. The van der Waals surface area contributed by atoms with Crippen LogP contribution in [0.3, 0.4) is 0 Å². The predicted octanol–water partition coefficient (Wildman–Crippen LogP) is 4.34. The number of Topliss-reactive ketones (excluding diaryl/α,β-unsaturated/α-hetero) is 1. The quantitative estimate of drug-likeness (QED) is 0.265. The molecule has 42 heavy (non-hydrogen) atoms. The summed E-state index contributed by atoms with van der Waals surface area (Å²) in [5.41, 5.74) is 1.98. The van der Waals surface area contributed by atoms with Crippen LogP contribution >= 0.6 is 0 Å². The van der Waals surface area contributed by atoms with Crippen molar-refractivity contribution >= 4 is 34.2 Å². The fourth-order valence-electron chi connectivity index (χ4n) is 5.18. The van der Waals surface area contributed by atoms with E-state index in [1.807, 2.05) is 0 Å². The highest BCUT2D eigenvalue weighted by Gasteiger charge is 2.44. The first-order chi connectivity index (χ1) is 20.0. The molecule has 10 nitrogen and oxygen atoms in total. The molecular weight excluding hydrogens is 562 g/mol. The van der Waals surface area contributed by atoms with Crippen LogP contribution in [0.2, 0.25) is 0 Å². The second-order valence-corrected chi connectivity index (χ2v) is 9.92. The summed E-state index contributed by atoms with van der Waals surface area (Å²) in [7, 11) is 0. The first-order valence-corrected chi connectivity index (χ1v) is 12.7. The molecule has 2 aliphatic rings. The normalized spacial score (nSPS) is 18.8. The number of ether oxygens (including phenoxy) is 2. The summed E-state index contributed by atoms with van der Waals surface area (Å²) in [5, 5.41) is 10.5. The number of rotatable bonds is 6. The van der Waals surface area contributed by atoms with Gasteiger partial charge >= 0.3 is 6.29 Å². The van der Waals surface area contributed by atoms with Crippen molar-refractivity contribution in [2.24, 2.45) is 0 Å². The summed E-state index contributed by atoms with van der Waals surface area (Å²) in [4.78, 5) is 39.9. The third-order valence-corrected chi connectivity index (χ3v) is 7.11. The molecule has 1 saturated heterocycles. The lowest BCUT2D eigenvalue weighted by Crippen LogP contribution is -2.44. The predicted molar refractivity (Wildman–Crippen MR) is 139 cm³/mol. The Bertz CT molecular complexity index is 1750. The molecule has 1 N–H and O–H groups in total. The number of aromatic nitrogens is 3. The molecule has 4 heterocycles. The van der Waals surface area contributed by atoms with Crippen LogP contribution in [-0.2, 0) is 16.1 Å². The zero-order valence-electron chi connectivity index (χ0n) is 21.8. The number of likely N-dealkylation sites (tertiary alicyclic amines) is 1. The van der Waals surface area contributed by atoms with Gasteiger partial charge in [-0.3, -0.25) is 14.4 Å². The van der Waals surface area contributed by atoms with Crippen LogP contribution in [0, 0.1) is 5.82 Å². The van der Waals surface area contributed by atoms with Crippen molar-refractivity contribution in [3.8, 4) is 22.6 Å². The number of nitrogens with zero attached hydrogens (tertiary/aromatic N) is 4. The molecule has 2 amide bonds. The fraction of sp³-hybridized carbons (Fsp3) is 0.250. The average molecular weight is 583 g/mol. The lowest BCUT2D eigenvalue weighted by molar-refractivity contribution is -0.286. The largest absolute Gasteiger partial charge is 0.586 e. The number of alkyl halides is 3. The van der Waals surface area contributed by atoms with E-state index in [-0.39, 0.29) is 25.3 Å². The lowest BCUT2D eigenvalue weighted by Gasteiger charge is -2.24.